The number of guanidine groups is 1. The van der Waals surface area contributed by atoms with Crippen LogP contribution in [0.3, 0.4) is 0 Å². The van der Waals surface area contributed by atoms with Gasteiger partial charge in [0, 0.05) is 39.8 Å². The van der Waals surface area contributed by atoms with E-state index in [4.69, 9.17) is 4.74 Å². The minimum absolute atomic E-state index is 0. The third kappa shape index (κ3) is 5.46. The summed E-state index contributed by atoms with van der Waals surface area (Å²) in [6.07, 6.45) is 7.21. The van der Waals surface area contributed by atoms with Gasteiger partial charge in [-0.15, -0.1) is 24.0 Å². The lowest BCUT2D eigenvalue weighted by atomic mass is 9.68. The molecular weight excluding hydrogens is 515 g/mol. The van der Waals surface area contributed by atoms with Gasteiger partial charge in [-0.05, 0) is 55.2 Å². The summed E-state index contributed by atoms with van der Waals surface area (Å²) >= 11 is 0. The molecule has 1 atom stereocenters. The number of nitrogens with one attached hydrogen (secondary N) is 2. The van der Waals surface area contributed by atoms with Gasteiger partial charge in [0.15, 0.2) is 5.96 Å². The van der Waals surface area contributed by atoms with Gasteiger partial charge >= 0.3 is 0 Å². The Bertz CT molecular complexity index is 834. The Morgan fingerprint density at radius 2 is 2.00 bits per heavy atom. The fraction of sp³-hybridized carbons (Fsp3) is 0.667. The molecule has 0 bridgehead atoms. The lowest BCUT2D eigenvalue weighted by molar-refractivity contribution is 0.114. The van der Waals surface area contributed by atoms with Crippen LogP contribution in [-0.4, -0.2) is 58.7 Å². The molecule has 1 aromatic carbocycles. The average molecular weight is 548 g/mol. The van der Waals surface area contributed by atoms with Crippen LogP contribution in [0, 0.1) is 5.41 Å². The van der Waals surface area contributed by atoms with Crippen LogP contribution < -0.4 is 10.0 Å². The maximum absolute atomic E-state index is 12.5. The van der Waals surface area contributed by atoms with Gasteiger partial charge < -0.3 is 15.0 Å². The first kappa shape index (κ1) is 23.7. The normalized spacial score (nSPS) is 23.3. The molecule has 0 radical (unpaired) electrons. The van der Waals surface area contributed by atoms with Crippen molar-refractivity contribution in [3.05, 3.63) is 29.8 Å². The van der Waals surface area contributed by atoms with Crippen molar-refractivity contribution in [2.75, 3.05) is 33.3 Å². The molecule has 1 aromatic rings. The maximum Gasteiger partial charge on any atom is 0.240 e. The first-order valence-electron chi connectivity index (χ1n) is 10.7. The lowest BCUT2D eigenvalue weighted by Crippen LogP contribution is -2.42. The van der Waals surface area contributed by atoms with Gasteiger partial charge in [-0.1, -0.05) is 18.6 Å². The van der Waals surface area contributed by atoms with E-state index in [2.05, 4.69) is 19.9 Å². The topological polar surface area (TPSA) is 83.0 Å². The third-order valence-electron chi connectivity index (χ3n) is 6.57. The summed E-state index contributed by atoms with van der Waals surface area (Å²) in [7, 11) is -1.68. The largest absolute Gasteiger partial charge is 0.377 e. The average Bonchev–Trinajstić information content (AvgIpc) is 3.37. The van der Waals surface area contributed by atoms with Crippen LogP contribution in [0.25, 0.3) is 0 Å². The molecular formula is C21H33IN4O3S. The van der Waals surface area contributed by atoms with Crippen molar-refractivity contribution >= 4 is 40.0 Å². The summed E-state index contributed by atoms with van der Waals surface area (Å²) < 4.78 is 33.1. The number of likely N-dealkylation sites (tertiary alicyclic amines) is 1. The molecule has 168 valence electrons. The van der Waals surface area contributed by atoms with E-state index < -0.39 is 10.0 Å². The number of benzene rings is 1. The third-order valence-corrected chi connectivity index (χ3v) is 8.01. The molecule has 3 aliphatic rings. The minimum atomic E-state index is -3.51. The Morgan fingerprint density at radius 1 is 1.23 bits per heavy atom. The van der Waals surface area contributed by atoms with Crippen LogP contribution in [-0.2, 0) is 21.3 Å². The standard InChI is InChI=1S/C21H32N4O3S.HI/c1-22-20(25-12-11-21(16-25)9-3-10-21)23-14-17-5-7-19(8-6-17)29(26,27)24-15-18-4-2-13-28-18;/h5-8,18,24H,2-4,9-16H2,1H3,(H,22,23);1H. The van der Waals surface area contributed by atoms with E-state index in [1.807, 2.05) is 19.2 Å². The smallest absolute Gasteiger partial charge is 0.240 e. The van der Waals surface area contributed by atoms with Crippen LogP contribution in [0.5, 0.6) is 0 Å². The van der Waals surface area contributed by atoms with Crippen molar-refractivity contribution in [1.29, 1.82) is 0 Å². The van der Waals surface area contributed by atoms with Crippen molar-refractivity contribution < 1.29 is 13.2 Å². The van der Waals surface area contributed by atoms with Crippen LogP contribution in [0.2, 0.25) is 0 Å². The lowest BCUT2D eigenvalue weighted by Gasteiger charge is -2.38. The van der Waals surface area contributed by atoms with Crippen molar-refractivity contribution in [3.63, 3.8) is 0 Å². The number of hydrogen-bond acceptors (Lipinski definition) is 4. The zero-order valence-electron chi connectivity index (χ0n) is 17.6. The molecule has 4 rings (SSSR count). The fourth-order valence-corrected chi connectivity index (χ4v) is 5.66. The number of sulfonamides is 1. The zero-order chi connectivity index (χ0) is 20.3. The van der Waals surface area contributed by atoms with E-state index in [-0.39, 0.29) is 35.0 Å². The summed E-state index contributed by atoms with van der Waals surface area (Å²) in [5, 5.41) is 3.43. The monoisotopic (exact) mass is 548 g/mol. The predicted molar refractivity (Wildman–Crippen MR) is 129 cm³/mol. The zero-order valence-corrected chi connectivity index (χ0v) is 20.7. The molecule has 7 nitrogen and oxygen atoms in total. The van der Waals surface area contributed by atoms with Gasteiger partial charge in [-0.3, -0.25) is 4.99 Å². The van der Waals surface area contributed by atoms with E-state index in [1.54, 1.807) is 12.1 Å². The SMILES string of the molecule is CN=C(NCc1ccc(S(=O)(=O)NCC2CCCO2)cc1)N1CCC2(CCC2)C1.I. The van der Waals surface area contributed by atoms with Crippen LogP contribution in [0.15, 0.2) is 34.2 Å². The predicted octanol–water partition coefficient (Wildman–Crippen LogP) is 2.71. The number of hydrogen-bond donors (Lipinski definition) is 2. The number of halogens is 1. The summed E-state index contributed by atoms with van der Waals surface area (Å²) in [5.41, 5.74) is 1.56. The van der Waals surface area contributed by atoms with Gasteiger partial charge in [0.05, 0.1) is 11.0 Å². The summed E-state index contributed by atoms with van der Waals surface area (Å²) in [4.78, 5) is 7.08. The molecule has 2 saturated heterocycles. The van der Waals surface area contributed by atoms with Crippen LogP contribution in [0.1, 0.15) is 44.1 Å². The second-order valence-corrected chi connectivity index (χ2v) is 10.3. The Morgan fingerprint density at radius 3 is 2.57 bits per heavy atom. The molecule has 1 saturated carbocycles. The number of rotatable bonds is 6. The molecule has 1 unspecified atom stereocenters. The number of aliphatic imine (C=N–C) groups is 1. The quantitative estimate of drug-likeness (QED) is 0.325. The molecule has 30 heavy (non-hydrogen) atoms. The summed E-state index contributed by atoms with van der Waals surface area (Å²) in [5.74, 6) is 0.934. The van der Waals surface area contributed by atoms with E-state index in [1.165, 1.54) is 25.7 Å². The molecule has 3 fully saturated rings. The molecule has 1 spiro atoms. The second kappa shape index (κ2) is 10.1. The fourth-order valence-electron chi connectivity index (χ4n) is 4.59. The maximum atomic E-state index is 12.5. The van der Waals surface area contributed by atoms with Gasteiger partial charge in [0.1, 0.15) is 0 Å². The second-order valence-electron chi connectivity index (χ2n) is 8.56. The van der Waals surface area contributed by atoms with Gasteiger partial charge in [0.2, 0.25) is 10.0 Å². The molecule has 2 aliphatic heterocycles. The van der Waals surface area contributed by atoms with Gasteiger partial charge in [-0.25, -0.2) is 13.1 Å². The Kier molecular flexibility index (Phi) is 8.03. The van der Waals surface area contributed by atoms with Crippen LogP contribution in [0.4, 0.5) is 0 Å². The van der Waals surface area contributed by atoms with Crippen molar-refractivity contribution in [2.45, 2.75) is 56.1 Å². The Balaban J connectivity index is 0.00000256. The van der Waals surface area contributed by atoms with E-state index in [0.29, 0.717) is 18.5 Å². The van der Waals surface area contributed by atoms with Gasteiger partial charge in [-0.2, -0.15) is 0 Å². The highest BCUT2D eigenvalue weighted by Crippen LogP contribution is 2.47. The highest BCUT2D eigenvalue weighted by Gasteiger charge is 2.43. The molecule has 2 N–H and O–H groups in total. The molecule has 1 aliphatic carbocycles. The van der Waals surface area contributed by atoms with E-state index in [9.17, 15) is 8.42 Å². The first-order valence-corrected chi connectivity index (χ1v) is 12.1. The number of nitrogens with zero attached hydrogens (tertiary/aromatic N) is 2. The van der Waals surface area contributed by atoms with Crippen molar-refractivity contribution in [2.24, 2.45) is 10.4 Å². The first-order chi connectivity index (χ1) is 14.0. The molecule has 2 heterocycles. The summed E-state index contributed by atoms with van der Waals surface area (Å²) in [6.45, 7) is 3.84. The van der Waals surface area contributed by atoms with Crippen LogP contribution >= 0.6 is 24.0 Å². The van der Waals surface area contributed by atoms with Crippen molar-refractivity contribution in [3.8, 4) is 0 Å². The molecule has 0 aromatic heterocycles. The highest BCUT2D eigenvalue weighted by molar-refractivity contribution is 14.0. The Labute approximate surface area is 197 Å². The van der Waals surface area contributed by atoms with E-state index >= 15 is 0 Å². The van der Waals surface area contributed by atoms with Gasteiger partial charge in [0.25, 0.3) is 0 Å². The summed E-state index contributed by atoms with van der Waals surface area (Å²) in [6, 6.07) is 7.05. The van der Waals surface area contributed by atoms with Crippen molar-refractivity contribution in [1.82, 2.24) is 14.9 Å². The molecule has 0 amide bonds. The minimum Gasteiger partial charge on any atom is -0.377 e. The highest BCUT2D eigenvalue weighted by atomic mass is 127. The Hall–Kier alpha value is -0.910. The van der Waals surface area contributed by atoms with E-state index in [0.717, 1.165) is 44.1 Å². The molecule has 9 heteroatoms. The number of ether oxygens (including phenoxy) is 1.